The van der Waals surface area contributed by atoms with Crippen LogP contribution in [-0.2, 0) is 11.8 Å². The van der Waals surface area contributed by atoms with Gasteiger partial charge < -0.3 is 10.6 Å². The lowest BCUT2D eigenvalue weighted by Gasteiger charge is -2.21. The lowest BCUT2D eigenvalue weighted by atomic mass is 9.90. The molecule has 1 aromatic heterocycles. The smallest absolute Gasteiger partial charge is 0.225 e. The standard InChI is InChI=1S/C20H28N4O/c1-13(2)15-5-7-16(8-6-15)14(3)23-20(25)19-11-21-10-18(19)17-9-22-24(4)12-17/h5-9,12-14,18-19,21H,10-11H2,1-4H3,(H,23,25)/t14?,18-,19+/m1/s1. The number of carbonyl (C=O) groups excluding carboxylic acids is 1. The summed E-state index contributed by atoms with van der Waals surface area (Å²) in [6, 6.07) is 8.54. The van der Waals surface area contributed by atoms with Gasteiger partial charge in [0.05, 0.1) is 18.2 Å². The Labute approximate surface area is 149 Å². The second kappa shape index (κ2) is 7.40. The Morgan fingerprint density at radius 1 is 1.20 bits per heavy atom. The number of nitrogens with one attached hydrogen (secondary N) is 2. The van der Waals surface area contributed by atoms with Crippen LogP contribution in [0.15, 0.2) is 36.7 Å². The van der Waals surface area contributed by atoms with Crippen LogP contribution in [0.4, 0.5) is 0 Å². The van der Waals surface area contributed by atoms with Crippen LogP contribution in [0.2, 0.25) is 0 Å². The van der Waals surface area contributed by atoms with Crippen LogP contribution in [-0.4, -0.2) is 28.8 Å². The Kier molecular flexibility index (Phi) is 5.23. The van der Waals surface area contributed by atoms with Gasteiger partial charge in [-0.15, -0.1) is 0 Å². The average molecular weight is 340 g/mol. The summed E-state index contributed by atoms with van der Waals surface area (Å²) < 4.78 is 1.79. The Balaban J connectivity index is 1.66. The second-order valence-electron chi connectivity index (χ2n) is 7.37. The van der Waals surface area contributed by atoms with Crippen LogP contribution < -0.4 is 10.6 Å². The minimum absolute atomic E-state index is 0.00357. The van der Waals surface area contributed by atoms with Crippen molar-refractivity contribution >= 4 is 5.91 Å². The number of aryl methyl sites for hydroxylation is 1. The summed E-state index contributed by atoms with van der Waals surface area (Å²) >= 11 is 0. The van der Waals surface area contributed by atoms with Gasteiger partial charge >= 0.3 is 0 Å². The van der Waals surface area contributed by atoms with E-state index in [1.54, 1.807) is 4.68 Å². The van der Waals surface area contributed by atoms with Gasteiger partial charge in [-0.25, -0.2) is 0 Å². The first-order valence-corrected chi connectivity index (χ1v) is 9.05. The normalized spacial score (nSPS) is 21.5. The molecule has 5 nitrogen and oxygen atoms in total. The third kappa shape index (κ3) is 3.93. The number of hydrogen-bond acceptors (Lipinski definition) is 3. The SMILES string of the molecule is CC(C)c1ccc(C(C)NC(=O)[C@H]2CNC[C@@H]2c2cnn(C)c2)cc1. The van der Waals surface area contributed by atoms with E-state index in [0.29, 0.717) is 12.5 Å². The summed E-state index contributed by atoms with van der Waals surface area (Å²) in [6.45, 7) is 7.95. The number of benzene rings is 1. The highest BCUT2D eigenvalue weighted by Crippen LogP contribution is 2.28. The maximum Gasteiger partial charge on any atom is 0.225 e. The van der Waals surface area contributed by atoms with E-state index >= 15 is 0 Å². The average Bonchev–Trinajstić information content (AvgIpc) is 3.23. The molecule has 1 aliphatic heterocycles. The van der Waals surface area contributed by atoms with Gasteiger partial charge in [0.2, 0.25) is 5.91 Å². The molecule has 1 fully saturated rings. The number of aromatic nitrogens is 2. The molecule has 1 aliphatic rings. The van der Waals surface area contributed by atoms with Crippen LogP contribution in [0.25, 0.3) is 0 Å². The highest BCUT2D eigenvalue weighted by Gasteiger charge is 2.35. The van der Waals surface area contributed by atoms with Crippen LogP contribution in [0, 0.1) is 5.92 Å². The molecule has 2 aromatic rings. The molecule has 0 spiro atoms. The highest BCUT2D eigenvalue weighted by atomic mass is 16.2. The monoisotopic (exact) mass is 340 g/mol. The molecule has 0 aliphatic carbocycles. The fourth-order valence-corrected chi connectivity index (χ4v) is 3.51. The number of carbonyl (C=O) groups is 1. The van der Waals surface area contributed by atoms with Crippen molar-refractivity contribution in [1.29, 1.82) is 0 Å². The number of rotatable bonds is 5. The molecule has 0 bridgehead atoms. The Hall–Kier alpha value is -2.14. The molecule has 5 heteroatoms. The first-order valence-electron chi connectivity index (χ1n) is 9.05. The predicted molar refractivity (Wildman–Crippen MR) is 99.4 cm³/mol. The van der Waals surface area contributed by atoms with Gasteiger partial charge in [-0.05, 0) is 29.5 Å². The van der Waals surface area contributed by atoms with E-state index in [9.17, 15) is 4.79 Å². The van der Waals surface area contributed by atoms with E-state index in [1.807, 2.05) is 26.4 Å². The molecule has 1 unspecified atom stereocenters. The molecular formula is C20H28N4O. The third-order valence-electron chi connectivity index (χ3n) is 5.17. The quantitative estimate of drug-likeness (QED) is 0.880. The Bertz CT molecular complexity index is 720. The maximum atomic E-state index is 12.8. The molecular weight excluding hydrogens is 312 g/mol. The molecule has 0 saturated carbocycles. The van der Waals surface area contributed by atoms with Crippen molar-refractivity contribution in [3.8, 4) is 0 Å². The minimum Gasteiger partial charge on any atom is -0.349 e. The van der Waals surface area contributed by atoms with Gasteiger partial charge in [0.1, 0.15) is 0 Å². The number of hydrogen-bond donors (Lipinski definition) is 2. The summed E-state index contributed by atoms with van der Waals surface area (Å²) in [5.41, 5.74) is 3.59. The molecule has 25 heavy (non-hydrogen) atoms. The molecule has 3 rings (SSSR count). The first-order chi connectivity index (χ1) is 12.0. The van der Waals surface area contributed by atoms with Crippen molar-refractivity contribution in [1.82, 2.24) is 20.4 Å². The van der Waals surface area contributed by atoms with Crippen molar-refractivity contribution in [2.24, 2.45) is 13.0 Å². The largest absolute Gasteiger partial charge is 0.349 e. The zero-order chi connectivity index (χ0) is 18.0. The summed E-state index contributed by atoms with van der Waals surface area (Å²) in [5.74, 6) is 0.758. The van der Waals surface area contributed by atoms with Crippen molar-refractivity contribution in [3.63, 3.8) is 0 Å². The van der Waals surface area contributed by atoms with Crippen LogP contribution in [0.3, 0.4) is 0 Å². The molecule has 2 N–H and O–H groups in total. The lowest BCUT2D eigenvalue weighted by molar-refractivity contribution is -0.125. The molecule has 0 radical (unpaired) electrons. The van der Waals surface area contributed by atoms with E-state index in [0.717, 1.165) is 17.7 Å². The van der Waals surface area contributed by atoms with Crippen molar-refractivity contribution in [3.05, 3.63) is 53.3 Å². The molecule has 1 aromatic carbocycles. The van der Waals surface area contributed by atoms with E-state index in [-0.39, 0.29) is 23.8 Å². The summed E-state index contributed by atoms with van der Waals surface area (Å²) in [4.78, 5) is 12.8. The van der Waals surface area contributed by atoms with Gasteiger partial charge in [-0.1, -0.05) is 38.1 Å². The van der Waals surface area contributed by atoms with Crippen LogP contribution in [0.5, 0.6) is 0 Å². The van der Waals surface area contributed by atoms with Crippen molar-refractivity contribution in [2.45, 2.75) is 38.6 Å². The minimum atomic E-state index is -0.0541. The van der Waals surface area contributed by atoms with Crippen LogP contribution in [0.1, 0.15) is 55.3 Å². The molecule has 1 saturated heterocycles. The molecule has 2 heterocycles. The van der Waals surface area contributed by atoms with Gasteiger partial charge in [0, 0.05) is 32.3 Å². The Morgan fingerprint density at radius 3 is 2.48 bits per heavy atom. The van der Waals surface area contributed by atoms with Gasteiger partial charge in [-0.3, -0.25) is 9.48 Å². The molecule has 134 valence electrons. The van der Waals surface area contributed by atoms with Crippen molar-refractivity contribution < 1.29 is 4.79 Å². The topological polar surface area (TPSA) is 59.0 Å². The zero-order valence-electron chi connectivity index (χ0n) is 15.5. The van der Waals surface area contributed by atoms with Gasteiger partial charge in [-0.2, -0.15) is 5.10 Å². The lowest BCUT2D eigenvalue weighted by Crippen LogP contribution is -2.36. The second-order valence-corrected chi connectivity index (χ2v) is 7.37. The predicted octanol–water partition coefficient (Wildman–Crippen LogP) is 2.72. The van der Waals surface area contributed by atoms with E-state index in [2.05, 4.69) is 53.8 Å². The van der Waals surface area contributed by atoms with Gasteiger partial charge in [0.25, 0.3) is 0 Å². The number of nitrogens with zero attached hydrogens (tertiary/aromatic N) is 2. The van der Waals surface area contributed by atoms with E-state index in [1.165, 1.54) is 5.56 Å². The number of amides is 1. The molecule has 1 amide bonds. The summed E-state index contributed by atoms with van der Waals surface area (Å²) in [7, 11) is 1.91. The van der Waals surface area contributed by atoms with Crippen LogP contribution >= 0.6 is 0 Å². The summed E-state index contributed by atoms with van der Waals surface area (Å²) in [5, 5.41) is 10.8. The third-order valence-corrected chi connectivity index (χ3v) is 5.17. The highest BCUT2D eigenvalue weighted by molar-refractivity contribution is 5.81. The van der Waals surface area contributed by atoms with Gasteiger partial charge in [0.15, 0.2) is 0 Å². The van der Waals surface area contributed by atoms with E-state index in [4.69, 9.17) is 0 Å². The fraction of sp³-hybridized carbons (Fsp3) is 0.500. The Morgan fingerprint density at radius 2 is 1.88 bits per heavy atom. The molecule has 3 atom stereocenters. The zero-order valence-corrected chi connectivity index (χ0v) is 15.5. The fourth-order valence-electron chi connectivity index (χ4n) is 3.51. The van der Waals surface area contributed by atoms with Crippen molar-refractivity contribution in [2.75, 3.05) is 13.1 Å². The van der Waals surface area contributed by atoms with E-state index < -0.39 is 0 Å². The summed E-state index contributed by atoms with van der Waals surface area (Å²) in [6.07, 6.45) is 3.87. The first kappa shape index (κ1) is 17.7. The maximum absolute atomic E-state index is 12.8.